The molecule has 0 aromatic carbocycles. The molecule has 3 nitrogen and oxygen atoms in total. The monoisotopic (exact) mass is 328 g/mol. The Balaban J connectivity index is 1.74. The van der Waals surface area contributed by atoms with Crippen molar-refractivity contribution in [2.45, 2.75) is 65.7 Å². The van der Waals surface area contributed by atoms with Gasteiger partial charge in [-0.15, -0.1) is 0 Å². The van der Waals surface area contributed by atoms with Crippen LogP contribution < -0.4 is 0 Å². The number of carbonyl (C=O) groups excluding carboxylic acids is 3. The minimum absolute atomic E-state index is 0.0603. The zero-order valence-corrected chi connectivity index (χ0v) is 15.1. The number of hydrogen-bond acceptors (Lipinski definition) is 3. The molecule has 4 aliphatic carbocycles. The topological polar surface area (TPSA) is 51.2 Å². The summed E-state index contributed by atoms with van der Waals surface area (Å²) >= 11 is 0. The van der Waals surface area contributed by atoms with Crippen LogP contribution in [0.15, 0.2) is 11.6 Å². The van der Waals surface area contributed by atoms with Crippen molar-refractivity contribution >= 4 is 17.3 Å². The van der Waals surface area contributed by atoms with Crippen LogP contribution in [-0.2, 0) is 14.4 Å². The van der Waals surface area contributed by atoms with E-state index in [1.807, 2.05) is 6.08 Å². The first-order chi connectivity index (χ1) is 11.3. The quantitative estimate of drug-likeness (QED) is 0.733. The van der Waals surface area contributed by atoms with Crippen molar-refractivity contribution in [1.29, 1.82) is 0 Å². The van der Waals surface area contributed by atoms with E-state index in [0.29, 0.717) is 30.5 Å². The highest BCUT2D eigenvalue weighted by atomic mass is 16.1. The van der Waals surface area contributed by atoms with Crippen molar-refractivity contribution in [3.05, 3.63) is 11.6 Å². The van der Waals surface area contributed by atoms with Gasteiger partial charge in [-0.25, -0.2) is 0 Å². The third-order valence-electron chi connectivity index (χ3n) is 8.14. The smallest absolute Gasteiger partial charge is 0.155 e. The number of allylic oxidation sites excluding steroid dienone is 1. The predicted octanol–water partition coefficient (Wildman–Crippen LogP) is 3.90. The van der Waals surface area contributed by atoms with Gasteiger partial charge < -0.3 is 0 Å². The van der Waals surface area contributed by atoms with Gasteiger partial charge in [0.05, 0.1) is 0 Å². The van der Waals surface area contributed by atoms with E-state index >= 15 is 0 Å². The SMILES string of the molecule is CC(=O)[C@H]1CC[C@@H]2[C@@H]3CCC4=CC(=O)CC[C@]4(C)[C@@H]3C(=O)C[C@]12C. The third-order valence-corrected chi connectivity index (χ3v) is 8.14. The van der Waals surface area contributed by atoms with E-state index < -0.39 is 0 Å². The fourth-order valence-electron chi connectivity index (χ4n) is 7.05. The Bertz CT molecular complexity index is 660. The van der Waals surface area contributed by atoms with Crippen LogP contribution in [-0.4, -0.2) is 17.3 Å². The second-order valence-electron chi connectivity index (χ2n) is 9.23. The van der Waals surface area contributed by atoms with Gasteiger partial charge in [0.25, 0.3) is 0 Å². The fraction of sp³-hybridized carbons (Fsp3) is 0.762. The maximum absolute atomic E-state index is 13.3. The van der Waals surface area contributed by atoms with Crippen LogP contribution in [0.25, 0.3) is 0 Å². The molecule has 3 fully saturated rings. The molecule has 0 saturated heterocycles. The molecule has 6 atom stereocenters. The molecular weight excluding hydrogens is 300 g/mol. The van der Waals surface area contributed by atoms with Gasteiger partial charge in [0, 0.05) is 24.7 Å². The molecule has 0 amide bonds. The Kier molecular flexibility index (Phi) is 3.47. The highest BCUT2D eigenvalue weighted by molar-refractivity contribution is 5.93. The average molecular weight is 328 g/mol. The molecule has 0 spiro atoms. The van der Waals surface area contributed by atoms with E-state index in [9.17, 15) is 14.4 Å². The summed E-state index contributed by atoms with van der Waals surface area (Å²) in [5.74, 6) is 1.86. The first-order valence-corrected chi connectivity index (χ1v) is 9.54. The molecule has 4 aliphatic rings. The molecule has 0 aromatic heterocycles. The molecule has 3 heteroatoms. The molecule has 0 N–H and O–H groups in total. The molecule has 0 heterocycles. The first kappa shape index (κ1) is 16.2. The van der Waals surface area contributed by atoms with Crippen molar-refractivity contribution in [1.82, 2.24) is 0 Å². The van der Waals surface area contributed by atoms with Crippen LogP contribution in [0.3, 0.4) is 0 Å². The zero-order valence-electron chi connectivity index (χ0n) is 15.1. The Morgan fingerprint density at radius 1 is 1.12 bits per heavy atom. The summed E-state index contributed by atoms with van der Waals surface area (Å²) in [5, 5.41) is 0. The zero-order chi connectivity index (χ0) is 17.3. The summed E-state index contributed by atoms with van der Waals surface area (Å²) in [4.78, 5) is 37.3. The van der Waals surface area contributed by atoms with Gasteiger partial charge in [0.15, 0.2) is 5.78 Å². The highest BCUT2D eigenvalue weighted by Crippen LogP contribution is 2.65. The lowest BCUT2D eigenvalue weighted by Gasteiger charge is -2.56. The lowest BCUT2D eigenvalue weighted by atomic mass is 9.46. The fourth-order valence-corrected chi connectivity index (χ4v) is 7.05. The third kappa shape index (κ3) is 1.99. The van der Waals surface area contributed by atoms with E-state index in [1.165, 1.54) is 5.57 Å². The van der Waals surface area contributed by atoms with Gasteiger partial charge >= 0.3 is 0 Å². The minimum atomic E-state index is -0.133. The summed E-state index contributed by atoms with van der Waals surface area (Å²) in [5.41, 5.74) is 0.966. The van der Waals surface area contributed by atoms with Crippen LogP contribution in [0.5, 0.6) is 0 Å². The molecular formula is C21H28O3. The van der Waals surface area contributed by atoms with E-state index in [0.717, 1.165) is 32.1 Å². The van der Waals surface area contributed by atoms with Crippen LogP contribution in [0.2, 0.25) is 0 Å². The predicted molar refractivity (Wildman–Crippen MR) is 91.3 cm³/mol. The van der Waals surface area contributed by atoms with E-state index in [-0.39, 0.29) is 34.2 Å². The van der Waals surface area contributed by atoms with E-state index in [1.54, 1.807) is 6.92 Å². The number of carbonyl (C=O) groups is 3. The van der Waals surface area contributed by atoms with Crippen molar-refractivity contribution < 1.29 is 14.4 Å². The summed E-state index contributed by atoms with van der Waals surface area (Å²) in [6, 6.07) is 0. The number of rotatable bonds is 1. The molecule has 0 bridgehead atoms. The van der Waals surface area contributed by atoms with Gasteiger partial charge in [0.1, 0.15) is 11.6 Å². The van der Waals surface area contributed by atoms with Gasteiger partial charge in [-0.3, -0.25) is 14.4 Å². The number of hydrogen-bond donors (Lipinski definition) is 0. The lowest BCUT2D eigenvalue weighted by Crippen LogP contribution is -2.55. The Morgan fingerprint density at radius 2 is 1.88 bits per heavy atom. The maximum Gasteiger partial charge on any atom is 0.155 e. The summed E-state index contributed by atoms with van der Waals surface area (Å²) < 4.78 is 0. The summed E-state index contributed by atoms with van der Waals surface area (Å²) in [7, 11) is 0. The molecule has 0 aliphatic heterocycles. The standard InChI is InChI=1S/C21H28O3/c1-12(22)16-6-7-17-15-5-4-13-10-14(23)8-9-20(13,2)19(15)18(24)11-21(16,17)3/h10,15-17,19H,4-9,11H2,1-3H3/t15-,16+,17+,19-,20-,21+/m0/s1. The Hall–Kier alpha value is -1.25. The van der Waals surface area contributed by atoms with Crippen LogP contribution in [0, 0.1) is 34.5 Å². The molecule has 3 saturated carbocycles. The molecule has 4 rings (SSSR count). The van der Waals surface area contributed by atoms with Gasteiger partial charge in [-0.2, -0.15) is 0 Å². The molecule has 130 valence electrons. The van der Waals surface area contributed by atoms with Gasteiger partial charge in [0.2, 0.25) is 0 Å². The summed E-state index contributed by atoms with van der Waals surface area (Å²) in [6.07, 6.45) is 7.80. The molecule has 24 heavy (non-hydrogen) atoms. The molecule has 0 aromatic rings. The highest BCUT2D eigenvalue weighted by Gasteiger charge is 2.62. The second kappa shape index (κ2) is 5.12. The Labute approximate surface area is 144 Å². The van der Waals surface area contributed by atoms with Crippen molar-refractivity contribution in [3.63, 3.8) is 0 Å². The molecule has 0 radical (unpaired) electrons. The van der Waals surface area contributed by atoms with Gasteiger partial charge in [-0.1, -0.05) is 19.4 Å². The van der Waals surface area contributed by atoms with E-state index in [2.05, 4.69) is 13.8 Å². The summed E-state index contributed by atoms with van der Waals surface area (Å²) in [6.45, 7) is 6.12. The van der Waals surface area contributed by atoms with Crippen molar-refractivity contribution in [2.24, 2.45) is 34.5 Å². The maximum atomic E-state index is 13.3. The number of fused-ring (bicyclic) bond motifs is 5. The van der Waals surface area contributed by atoms with Crippen LogP contribution in [0.1, 0.15) is 65.7 Å². The van der Waals surface area contributed by atoms with Crippen LogP contribution >= 0.6 is 0 Å². The van der Waals surface area contributed by atoms with Crippen LogP contribution in [0.4, 0.5) is 0 Å². The number of Topliss-reactive ketones (excluding diaryl/α,β-unsaturated/α-hetero) is 2. The largest absolute Gasteiger partial charge is 0.300 e. The number of ketones is 3. The van der Waals surface area contributed by atoms with Crippen molar-refractivity contribution in [2.75, 3.05) is 0 Å². The lowest BCUT2D eigenvalue weighted by molar-refractivity contribution is -0.148. The second-order valence-corrected chi connectivity index (χ2v) is 9.23. The van der Waals surface area contributed by atoms with Crippen molar-refractivity contribution in [3.8, 4) is 0 Å². The first-order valence-electron chi connectivity index (χ1n) is 9.54. The Morgan fingerprint density at radius 3 is 2.58 bits per heavy atom. The molecule has 0 unspecified atom stereocenters. The van der Waals surface area contributed by atoms with E-state index in [4.69, 9.17) is 0 Å². The van der Waals surface area contributed by atoms with Gasteiger partial charge in [-0.05, 0) is 67.8 Å². The minimum Gasteiger partial charge on any atom is -0.300 e. The normalized spacial score (nSPS) is 47.5. The average Bonchev–Trinajstić information content (AvgIpc) is 2.84.